The summed E-state index contributed by atoms with van der Waals surface area (Å²) in [6.45, 7) is 0.109. The highest BCUT2D eigenvalue weighted by Gasteiger charge is 2.44. The summed E-state index contributed by atoms with van der Waals surface area (Å²) in [7, 11) is -2.60. The fourth-order valence-corrected chi connectivity index (χ4v) is 5.71. The van der Waals surface area contributed by atoms with E-state index in [-0.39, 0.29) is 30.4 Å². The Morgan fingerprint density at radius 3 is 2.90 bits per heavy atom. The number of aliphatic hydroxyl groups is 1. The molecule has 1 aromatic heterocycles. The number of rotatable bonds is 7. The molecule has 0 amide bonds. The van der Waals surface area contributed by atoms with Gasteiger partial charge in [-0.1, -0.05) is 0 Å². The van der Waals surface area contributed by atoms with Crippen LogP contribution in [0.1, 0.15) is 19.3 Å². The van der Waals surface area contributed by atoms with Crippen LogP contribution in [0.4, 0.5) is 0 Å². The molecule has 0 aromatic carbocycles. The number of Topliss-reactive ketones (excluding diaryl/α,β-unsaturated/α-hetero) is 1. The van der Waals surface area contributed by atoms with Crippen LogP contribution in [0.2, 0.25) is 0 Å². The van der Waals surface area contributed by atoms with Gasteiger partial charge in [0.15, 0.2) is 5.08 Å². The Balaban J connectivity index is 2.03. The van der Waals surface area contributed by atoms with Crippen molar-refractivity contribution in [1.29, 1.82) is 0 Å². The molecule has 7 nitrogen and oxygen atoms in total. The highest BCUT2D eigenvalue weighted by Crippen LogP contribution is 2.61. The first-order valence-corrected chi connectivity index (χ1v) is 9.11. The minimum Gasteiger partial charge on any atom is -0.375 e. The van der Waals surface area contributed by atoms with E-state index in [1.165, 1.54) is 6.33 Å². The lowest BCUT2D eigenvalue weighted by atomic mass is 10.0. The Hall–Kier alpha value is -0.420. The van der Waals surface area contributed by atoms with Crippen molar-refractivity contribution < 1.29 is 19.7 Å². The van der Waals surface area contributed by atoms with E-state index in [4.69, 9.17) is 5.73 Å². The highest BCUT2D eigenvalue weighted by atomic mass is 31.2. The molecule has 1 aliphatic carbocycles. The molecule has 118 valence electrons. The summed E-state index contributed by atoms with van der Waals surface area (Å²) in [4.78, 5) is 35.6. The van der Waals surface area contributed by atoms with E-state index in [0.717, 1.165) is 0 Å². The predicted octanol–water partition coefficient (Wildman–Crippen LogP) is 0.201. The van der Waals surface area contributed by atoms with Gasteiger partial charge < -0.3 is 25.2 Å². The summed E-state index contributed by atoms with van der Waals surface area (Å²) in [6, 6.07) is 0. The van der Waals surface area contributed by atoms with Crippen molar-refractivity contribution in [3.05, 3.63) is 18.7 Å². The predicted molar refractivity (Wildman–Crippen MR) is 82.0 cm³/mol. The Morgan fingerprint density at radius 1 is 1.57 bits per heavy atom. The number of aromatic nitrogens is 2. The van der Waals surface area contributed by atoms with Crippen molar-refractivity contribution in [3.8, 4) is 0 Å². The molecule has 1 aromatic rings. The zero-order valence-corrected chi connectivity index (χ0v) is 13.5. The number of hydrogen-bond donors (Lipinski definition) is 4. The summed E-state index contributed by atoms with van der Waals surface area (Å²) in [6.07, 6.45) is 6.68. The lowest BCUT2D eigenvalue weighted by molar-refractivity contribution is -0.121. The quantitative estimate of drug-likeness (QED) is 0.529. The standard InChI is InChI=1S/C12H21N3O4P2/c13-6-11(16)9-1-2-10(5-9)21(19)12(17,20-18)7-15-4-3-14-8-15/h3-4,8-10,17-20H,1-2,5-7,13H2/t9?,10?,12?,21-/m1/s1. The molecule has 5 atom stereocenters. The van der Waals surface area contributed by atoms with Crippen molar-refractivity contribution >= 4 is 22.7 Å². The number of carbonyl (C=O) groups excluding carboxylic acids is 1. The molecule has 21 heavy (non-hydrogen) atoms. The molecule has 0 aliphatic heterocycles. The van der Waals surface area contributed by atoms with E-state index in [1.807, 2.05) is 0 Å². The minimum absolute atomic E-state index is 0.00509. The zero-order valence-electron chi connectivity index (χ0n) is 11.6. The van der Waals surface area contributed by atoms with Gasteiger partial charge in [0.25, 0.3) is 0 Å². The maximum absolute atomic E-state index is 11.6. The molecule has 4 unspecified atom stereocenters. The van der Waals surface area contributed by atoms with Crippen LogP contribution in [-0.4, -0.2) is 47.5 Å². The Kier molecular flexibility index (Phi) is 5.83. The van der Waals surface area contributed by atoms with Gasteiger partial charge in [-0.25, -0.2) is 4.98 Å². The van der Waals surface area contributed by atoms with Crippen molar-refractivity contribution in [2.75, 3.05) is 6.54 Å². The lowest BCUT2D eigenvalue weighted by Gasteiger charge is -2.34. The van der Waals surface area contributed by atoms with Crippen molar-refractivity contribution in [1.82, 2.24) is 9.55 Å². The number of nitrogens with zero attached hydrogens (tertiary/aromatic N) is 2. The maximum atomic E-state index is 11.6. The fraction of sp³-hybridized carbons (Fsp3) is 0.667. The lowest BCUT2D eigenvalue weighted by Crippen LogP contribution is -2.30. The van der Waals surface area contributed by atoms with Gasteiger partial charge in [0.05, 0.1) is 36.4 Å². The largest absolute Gasteiger partial charge is 0.375 e. The number of carbonyl (C=O) groups is 1. The third-order valence-electron chi connectivity index (χ3n) is 3.93. The van der Waals surface area contributed by atoms with E-state index >= 15 is 0 Å². The average Bonchev–Trinajstić information content (AvgIpc) is 3.16. The van der Waals surface area contributed by atoms with Gasteiger partial charge in [-0.05, 0) is 19.3 Å². The highest BCUT2D eigenvalue weighted by molar-refractivity contribution is 7.64. The van der Waals surface area contributed by atoms with Crippen molar-refractivity contribution in [2.24, 2.45) is 11.7 Å². The number of nitrogens with two attached hydrogens (primary N) is 1. The molecular formula is C12H21N3O4P2. The van der Waals surface area contributed by atoms with Gasteiger partial charge in [0.1, 0.15) is 5.78 Å². The first-order valence-electron chi connectivity index (χ1n) is 6.80. The van der Waals surface area contributed by atoms with E-state index in [9.17, 15) is 19.7 Å². The van der Waals surface area contributed by atoms with Crippen molar-refractivity contribution in [3.63, 3.8) is 0 Å². The molecule has 0 bridgehead atoms. The smallest absolute Gasteiger partial charge is 0.166 e. The van der Waals surface area contributed by atoms with Crippen LogP contribution in [0.5, 0.6) is 0 Å². The maximum Gasteiger partial charge on any atom is 0.166 e. The van der Waals surface area contributed by atoms with Crippen LogP contribution in [0.3, 0.4) is 0 Å². The molecular weight excluding hydrogens is 312 g/mol. The van der Waals surface area contributed by atoms with E-state index in [2.05, 4.69) is 4.98 Å². The average molecular weight is 333 g/mol. The molecule has 0 radical (unpaired) electrons. The molecule has 1 fully saturated rings. The molecule has 1 saturated carbocycles. The van der Waals surface area contributed by atoms with Gasteiger partial charge >= 0.3 is 0 Å². The van der Waals surface area contributed by atoms with Gasteiger partial charge in [-0.3, -0.25) is 4.79 Å². The first-order chi connectivity index (χ1) is 10.00. The Labute approximate surface area is 126 Å². The monoisotopic (exact) mass is 333 g/mol. The third kappa shape index (κ3) is 3.86. The van der Waals surface area contributed by atoms with Crippen LogP contribution < -0.4 is 5.73 Å². The summed E-state index contributed by atoms with van der Waals surface area (Å²) in [5, 5.41) is 9.03. The minimum atomic E-state index is -1.81. The molecule has 0 saturated heterocycles. The zero-order chi connectivity index (χ0) is 15.5. The van der Waals surface area contributed by atoms with E-state index in [1.54, 1.807) is 17.0 Å². The van der Waals surface area contributed by atoms with Crippen LogP contribution in [0, 0.1) is 5.92 Å². The summed E-state index contributed by atoms with van der Waals surface area (Å²) >= 11 is 0. The van der Waals surface area contributed by atoms with Crippen LogP contribution in [-0.2, 0) is 11.3 Å². The van der Waals surface area contributed by atoms with Gasteiger partial charge in [-0.15, -0.1) is 0 Å². The van der Waals surface area contributed by atoms with Crippen LogP contribution in [0.25, 0.3) is 0 Å². The number of hydrogen-bond acceptors (Lipinski definition) is 6. The summed E-state index contributed by atoms with van der Waals surface area (Å²) < 4.78 is 1.63. The topological polar surface area (TPSA) is 122 Å². The first kappa shape index (κ1) is 16.9. The van der Waals surface area contributed by atoms with Gasteiger partial charge in [0.2, 0.25) is 0 Å². The Morgan fingerprint density at radius 2 is 2.33 bits per heavy atom. The molecule has 1 aliphatic rings. The van der Waals surface area contributed by atoms with E-state index < -0.39 is 22.0 Å². The van der Waals surface area contributed by atoms with Gasteiger partial charge in [0, 0.05) is 24.0 Å². The van der Waals surface area contributed by atoms with Crippen molar-refractivity contribution in [2.45, 2.75) is 36.5 Å². The van der Waals surface area contributed by atoms with Crippen LogP contribution in [0.15, 0.2) is 18.7 Å². The van der Waals surface area contributed by atoms with Crippen LogP contribution >= 0.6 is 17.0 Å². The molecule has 0 spiro atoms. The molecule has 9 heteroatoms. The number of ketones is 1. The van der Waals surface area contributed by atoms with E-state index in [0.29, 0.717) is 19.3 Å². The molecule has 2 rings (SSSR count). The third-order valence-corrected chi connectivity index (χ3v) is 7.49. The number of imidazole rings is 1. The Bertz CT molecular complexity index is 473. The fourth-order valence-electron chi connectivity index (χ4n) is 2.73. The molecule has 5 N–H and O–H groups in total. The second-order valence-corrected chi connectivity index (χ2v) is 8.97. The summed E-state index contributed by atoms with van der Waals surface area (Å²) in [5.41, 5.74) is 5.23. The normalized spacial score (nSPS) is 27.0. The van der Waals surface area contributed by atoms with Gasteiger partial charge in [-0.2, -0.15) is 0 Å². The SMILES string of the molecule is NCC(=O)C1CCC([P@@](O)C(O)(Cn2ccnc2)PO)C1. The summed E-state index contributed by atoms with van der Waals surface area (Å²) in [5.74, 6) is -0.123. The second-order valence-electron chi connectivity index (χ2n) is 5.34. The second kappa shape index (κ2) is 7.23. The molecule has 1 heterocycles.